The molecule has 3 saturated heterocycles. The summed E-state index contributed by atoms with van der Waals surface area (Å²) >= 11 is 0. The summed E-state index contributed by atoms with van der Waals surface area (Å²) in [6.45, 7) is 10.0. The summed E-state index contributed by atoms with van der Waals surface area (Å²) in [6.07, 6.45) is 5.05. The molecule has 326 valence electrons. The van der Waals surface area contributed by atoms with Crippen LogP contribution in [0.1, 0.15) is 88.2 Å². The largest absolute Gasteiger partial charge is 0.453 e. The number of H-pyrrole nitrogens is 2. The van der Waals surface area contributed by atoms with E-state index in [2.05, 4.69) is 63.1 Å². The third kappa shape index (κ3) is 7.21. The van der Waals surface area contributed by atoms with E-state index < -0.39 is 24.6 Å². The summed E-state index contributed by atoms with van der Waals surface area (Å²) in [7, 11) is 2.68. The van der Waals surface area contributed by atoms with Crippen molar-refractivity contribution in [2.45, 2.75) is 89.4 Å². The van der Waals surface area contributed by atoms with E-state index in [1.165, 1.54) is 36.5 Å². The van der Waals surface area contributed by atoms with Gasteiger partial charge in [0.25, 0.3) is 0 Å². The first-order chi connectivity index (χ1) is 29.9. The molecular weight excluding hydrogens is 791 g/mol. The molecule has 0 bridgehead atoms. The minimum Gasteiger partial charge on any atom is -0.453 e. The Labute approximate surface area is 360 Å². The molecule has 0 radical (unpaired) electrons. The maximum Gasteiger partial charge on any atom is 0.407 e. The smallest absolute Gasteiger partial charge is 0.407 e. The Morgan fingerprint density at radius 3 is 2.05 bits per heavy atom. The van der Waals surface area contributed by atoms with Crippen LogP contribution in [0.5, 0.6) is 0 Å². The second-order valence-electron chi connectivity index (χ2n) is 17.7. The van der Waals surface area contributed by atoms with Crippen molar-refractivity contribution in [3.8, 4) is 33.5 Å². The molecule has 5 atom stereocenters. The molecule has 1 unspecified atom stereocenters. The van der Waals surface area contributed by atoms with Gasteiger partial charge in [0.1, 0.15) is 17.7 Å². The number of benzene rings is 2. The Kier molecular flexibility index (Phi) is 11.1. The molecule has 3 aromatic heterocycles. The van der Waals surface area contributed by atoms with E-state index in [4.69, 9.17) is 29.2 Å². The fraction of sp³-hybridized carbons (Fsp3) is 0.478. The van der Waals surface area contributed by atoms with Crippen molar-refractivity contribution >= 4 is 29.1 Å². The average Bonchev–Trinajstić information content (AvgIpc) is 4.11. The molecule has 9 rings (SSSR count). The lowest BCUT2D eigenvalue weighted by atomic mass is 9.75. The highest BCUT2D eigenvalue weighted by Crippen LogP contribution is 2.54. The lowest BCUT2D eigenvalue weighted by Gasteiger charge is -2.40. The summed E-state index contributed by atoms with van der Waals surface area (Å²) < 4.78 is 15.7. The maximum absolute atomic E-state index is 13.8. The van der Waals surface area contributed by atoms with Crippen molar-refractivity contribution in [3.05, 3.63) is 77.6 Å². The van der Waals surface area contributed by atoms with E-state index in [0.29, 0.717) is 37.8 Å². The molecule has 6 heterocycles. The topological polar surface area (TPSA) is 200 Å². The minimum atomic E-state index is -1.24. The molecular formula is C46H55N9O7. The molecule has 62 heavy (non-hydrogen) atoms. The number of alkyl carbamates (subject to hydrolysis) is 1. The average molecular weight is 846 g/mol. The van der Waals surface area contributed by atoms with Crippen LogP contribution in [0, 0.1) is 11.8 Å². The number of pyridine rings is 1. The Hall–Kier alpha value is -5.68. The predicted octanol–water partition coefficient (Wildman–Crippen LogP) is 5.56. The van der Waals surface area contributed by atoms with Crippen molar-refractivity contribution in [2.24, 2.45) is 11.8 Å². The Bertz CT molecular complexity index is 2510. The van der Waals surface area contributed by atoms with Gasteiger partial charge in [-0.25, -0.2) is 19.7 Å². The number of methoxy groups -OCH3 is 2. The number of aliphatic hydroxyl groups excluding tert-OH is 1. The van der Waals surface area contributed by atoms with E-state index in [0.717, 1.165) is 59.4 Å². The van der Waals surface area contributed by atoms with Gasteiger partial charge in [0.15, 0.2) is 5.65 Å². The zero-order valence-electron chi connectivity index (χ0n) is 36.0. The molecule has 2 aromatic carbocycles. The fourth-order valence-corrected chi connectivity index (χ4v) is 9.80. The number of likely N-dealkylation sites (tertiary alicyclic amines) is 2. The number of imidazole rings is 2. The molecule has 16 nitrogen and oxygen atoms in total. The first-order valence-electron chi connectivity index (χ1n) is 21.6. The molecule has 5 aromatic rings. The van der Waals surface area contributed by atoms with Crippen molar-refractivity contribution in [3.63, 3.8) is 0 Å². The van der Waals surface area contributed by atoms with Crippen LogP contribution < -0.4 is 10.6 Å². The number of aromatic amines is 2. The standard InChI is InChI=1S/C46H55N9O7/c1-24(2)37(51-44(58)60-5)42(56)54-15-7-9-35(54)40-48-21-34(50-40)27-12-14-30-29-13-11-26(17-31(29)46(22-62-23-46)32(30)18-27)28-19-33-39(47-20-28)53-41(49-33)36-10-8-16-55(36)43(57)38(25(3)4)52-45(59)61-6/h11-14,17-21,24-25,35-38,45,52,59H,7-10,15-16,22-23H2,1-6H3,(H,48,50)(H,51,58)(H,47,49,53)/t35-,36-,37-,38-,45?/m0/s1. The number of nitrogens with one attached hydrogen (secondary N) is 4. The van der Waals surface area contributed by atoms with Gasteiger partial charge in [-0.2, -0.15) is 0 Å². The Morgan fingerprint density at radius 1 is 0.806 bits per heavy atom. The van der Waals surface area contributed by atoms with Gasteiger partial charge in [0, 0.05) is 32.0 Å². The lowest BCUT2D eigenvalue weighted by molar-refractivity contribution is -0.145. The van der Waals surface area contributed by atoms with Gasteiger partial charge in [-0.15, -0.1) is 0 Å². The number of rotatable bonds is 12. The highest BCUT2D eigenvalue weighted by Gasteiger charge is 2.49. The van der Waals surface area contributed by atoms with Gasteiger partial charge < -0.3 is 44.4 Å². The molecule has 3 fully saturated rings. The van der Waals surface area contributed by atoms with Crippen LogP contribution in [-0.2, 0) is 29.2 Å². The van der Waals surface area contributed by atoms with Crippen LogP contribution in [0.4, 0.5) is 4.79 Å². The fourth-order valence-electron chi connectivity index (χ4n) is 9.80. The summed E-state index contributed by atoms with van der Waals surface area (Å²) in [4.78, 5) is 64.7. The summed E-state index contributed by atoms with van der Waals surface area (Å²) in [6, 6.07) is 13.4. The molecule has 5 N–H and O–H groups in total. The van der Waals surface area contributed by atoms with Crippen molar-refractivity contribution in [1.82, 2.24) is 45.4 Å². The van der Waals surface area contributed by atoms with Crippen LogP contribution in [0.2, 0.25) is 0 Å². The number of amides is 3. The van der Waals surface area contributed by atoms with E-state index in [1.807, 2.05) is 49.9 Å². The number of nitrogens with zero attached hydrogens (tertiary/aromatic N) is 5. The van der Waals surface area contributed by atoms with Crippen molar-refractivity contribution < 1.29 is 33.7 Å². The number of aromatic nitrogens is 5. The van der Waals surface area contributed by atoms with Crippen molar-refractivity contribution in [1.29, 1.82) is 0 Å². The second-order valence-corrected chi connectivity index (χ2v) is 17.7. The van der Waals surface area contributed by atoms with Gasteiger partial charge in [-0.3, -0.25) is 14.9 Å². The van der Waals surface area contributed by atoms with E-state index >= 15 is 0 Å². The van der Waals surface area contributed by atoms with Crippen LogP contribution in [0.15, 0.2) is 54.9 Å². The molecule has 1 aliphatic carbocycles. The van der Waals surface area contributed by atoms with Crippen LogP contribution in [0.25, 0.3) is 44.7 Å². The molecule has 4 aliphatic rings. The monoisotopic (exact) mass is 845 g/mol. The number of carbonyl (C=O) groups excluding carboxylic acids is 3. The molecule has 1 spiro atoms. The third-order valence-electron chi connectivity index (χ3n) is 13.2. The highest BCUT2D eigenvalue weighted by molar-refractivity contribution is 5.88. The zero-order chi connectivity index (χ0) is 43.4. The second kappa shape index (κ2) is 16.5. The number of hydrogen-bond donors (Lipinski definition) is 5. The summed E-state index contributed by atoms with van der Waals surface area (Å²) in [5.41, 5.74) is 9.72. The van der Waals surface area contributed by atoms with E-state index in [9.17, 15) is 19.5 Å². The lowest BCUT2D eigenvalue weighted by Crippen LogP contribution is -2.52. The normalized spacial score (nSPS) is 20.4. The van der Waals surface area contributed by atoms with E-state index in [-0.39, 0.29) is 41.1 Å². The zero-order valence-corrected chi connectivity index (χ0v) is 36.0. The number of fused-ring (bicyclic) bond motifs is 6. The van der Waals surface area contributed by atoms with Crippen molar-refractivity contribution in [2.75, 3.05) is 40.5 Å². The molecule has 0 saturated carbocycles. The van der Waals surface area contributed by atoms with Crippen LogP contribution in [0.3, 0.4) is 0 Å². The van der Waals surface area contributed by atoms with Gasteiger partial charge >= 0.3 is 6.09 Å². The van der Waals surface area contributed by atoms with E-state index in [1.54, 1.807) is 0 Å². The van der Waals surface area contributed by atoms with Gasteiger partial charge in [0.05, 0.1) is 61.3 Å². The predicted molar refractivity (Wildman–Crippen MR) is 230 cm³/mol. The minimum absolute atomic E-state index is 0.0672. The highest BCUT2D eigenvalue weighted by atomic mass is 16.6. The Balaban J connectivity index is 0.953. The quantitative estimate of drug-likeness (QED) is 0.0986. The Morgan fingerprint density at radius 2 is 1.44 bits per heavy atom. The molecule has 3 aliphatic heterocycles. The molecule has 16 heteroatoms. The number of ether oxygens (including phenoxy) is 3. The third-order valence-corrected chi connectivity index (χ3v) is 13.2. The SMILES string of the molecule is COC(=O)N[C@H](C(=O)N1CCC[C@H]1c1ncc(-c2ccc3c(c2)C2(COC2)c2cc(-c4cnc5nc([C@@H]6CCCN6C(=O)[C@@H](NC(O)OC)C(C)C)[nH]c5c4)ccc2-3)[nH]1)C(C)C. The number of hydrogen-bond acceptors (Lipinski definition) is 11. The molecule has 3 amide bonds. The van der Waals surface area contributed by atoms with Gasteiger partial charge in [0.2, 0.25) is 18.2 Å². The van der Waals surface area contributed by atoms with Gasteiger partial charge in [-0.05, 0) is 89.1 Å². The first kappa shape index (κ1) is 41.7. The first-order valence-corrected chi connectivity index (χ1v) is 21.6. The van der Waals surface area contributed by atoms with Crippen LogP contribution >= 0.6 is 0 Å². The summed E-state index contributed by atoms with van der Waals surface area (Å²) in [5.74, 6) is 0.994. The maximum atomic E-state index is 13.8. The van der Waals surface area contributed by atoms with Gasteiger partial charge in [-0.1, -0.05) is 52.0 Å². The van der Waals surface area contributed by atoms with Crippen LogP contribution in [-0.4, -0.2) is 117 Å². The number of carbonyl (C=O) groups is 3. The summed E-state index contributed by atoms with van der Waals surface area (Å²) in [5, 5.41) is 15.7. The number of aliphatic hydroxyl groups is 1.